The smallest absolute Gasteiger partial charge is 0.345 e. The quantitative estimate of drug-likeness (QED) is 0.832. The van der Waals surface area contributed by atoms with E-state index in [2.05, 4.69) is 20.7 Å². The van der Waals surface area contributed by atoms with Gasteiger partial charge in [0.15, 0.2) is 0 Å². The lowest BCUT2D eigenvalue weighted by molar-refractivity contribution is 0.0702. The summed E-state index contributed by atoms with van der Waals surface area (Å²) in [7, 11) is -3.97. The molecule has 0 spiro atoms. The second-order valence-corrected chi connectivity index (χ2v) is 7.83. The highest BCUT2D eigenvalue weighted by molar-refractivity contribution is 9.10. The molecule has 0 atom stereocenters. The van der Waals surface area contributed by atoms with Gasteiger partial charge < -0.3 is 5.11 Å². The lowest BCUT2D eigenvalue weighted by Crippen LogP contribution is -2.13. The number of sulfonamides is 1. The summed E-state index contributed by atoms with van der Waals surface area (Å²) in [5.74, 6) is -1.80. The fourth-order valence-electron chi connectivity index (χ4n) is 1.61. The van der Waals surface area contributed by atoms with Gasteiger partial charge in [-0.1, -0.05) is 0 Å². The highest BCUT2D eigenvalue weighted by atomic mass is 79.9. The number of aryl methyl sites for hydroxylation is 1. The highest BCUT2D eigenvalue weighted by Crippen LogP contribution is 2.28. The second kappa shape index (κ2) is 5.74. The minimum atomic E-state index is -3.97. The van der Waals surface area contributed by atoms with Crippen LogP contribution in [0.5, 0.6) is 0 Å². The van der Waals surface area contributed by atoms with Crippen LogP contribution in [-0.2, 0) is 10.0 Å². The molecule has 2 rings (SSSR count). The van der Waals surface area contributed by atoms with Gasteiger partial charge in [-0.3, -0.25) is 4.72 Å². The van der Waals surface area contributed by atoms with E-state index in [9.17, 15) is 17.6 Å². The van der Waals surface area contributed by atoms with Gasteiger partial charge in [0, 0.05) is 4.88 Å². The first-order valence-electron chi connectivity index (χ1n) is 5.52. The first-order valence-corrected chi connectivity index (χ1v) is 8.61. The van der Waals surface area contributed by atoms with Crippen molar-refractivity contribution in [1.82, 2.24) is 0 Å². The van der Waals surface area contributed by atoms with Crippen molar-refractivity contribution in [3.8, 4) is 0 Å². The van der Waals surface area contributed by atoms with Gasteiger partial charge in [-0.2, -0.15) is 0 Å². The van der Waals surface area contributed by atoms with Crippen LogP contribution in [0.4, 0.5) is 10.1 Å². The Morgan fingerprint density at radius 1 is 1.38 bits per heavy atom. The van der Waals surface area contributed by atoms with Gasteiger partial charge in [0.2, 0.25) is 0 Å². The molecule has 21 heavy (non-hydrogen) atoms. The summed E-state index contributed by atoms with van der Waals surface area (Å²) in [6, 6.07) is 4.88. The van der Waals surface area contributed by atoms with Crippen molar-refractivity contribution >= 4 is 48.9 Å². The van der Waals surface area contributed by atoms with E-state index >= 15 is 0 Å². The number of aromatic carboxylic acids is 1. The summed E-state index contributed by atoms with van der Waals surface area (Å²) >= 11 is 3.83. The molecule has 0 saturated heterocycles. The molecule has 0 bridgehead atoms. The lowest BCUT2D eigenvalue weighted by atomic mass is 10.3. The maximum Gasteiger partial charge on any atom is 0.345 e. The van der Waals surface area contributed by atoms with E-state index in [0.29, 0.717) is 4.88 Å². The van der Waals surface area contributed by atoms with E-state index in [1.54, 1.807) is 0 Å². The van der Waals surface area contributed by atoms with Crippen molar-refractivity contribution in [2.45, 2.75) is 11.8 Å². The minimum absolute atomic E-state index is 0.0539. The standard InChI is InChI=1S/C12H9BrFNO4S2/c1-6-11(5-10(20-6)12(16)17)21(18,19)15-7-2-3-8(13)9(14)4-7/h2-5,15H,1H3,(H,16,17). The van der Waals surface area contributed by atoms with Crippen LogP contribution < -0.4 is 4.72 Å². The molecule has 0 aliphatic carbocycles. The fourth-order valence-corrected chi connectivity index (χ4v) is 4.33. The third kappa shape index (κ3) is 3.42. The first-order chi connectivity index (χ1) is 9.70. The van der Waals surface area contributed by atoms with Crippen LogP contribution in [0.25, 0.3) is 0 Å². The molecule has 5 nitrogen and oxygen atoms in total. The summed E-state index contributed by atoms with van der Waals surface area (Å²) in [5.41, 5.74) is 0.0539. The Hall–Kier alpha value is -1.45. The average Bonchev–Trinajstić information content (AvgIpc) is 2.77. The monoisotopic (exact) mass is 393 g/mol. The maximum absolute atomic E-state index is 13.4. The predicted molar refractivity (Wildman–Crippen MR) is 80.9 cm³/mol. The van der Waals surface area contributed by atoms with Gasteiger partial charge in [0.25, 0.3) is 10.0 Å². The SMILES string of the molecule is Cc1sc(C(=O)O)cc1S(=O)(=O)Nc1ccc(Br)c(F)c1. The van der Waals surface area contributed by atoms with Crippen LogP contribution in [-0.4, -0.2) is 19.5 Å². The zero-order chi connectivity index (χ0) is 15.8. The molecule has 0 aliphatic heterocycles. The Balaban J connectivity index is 2.38. The molecule has 0 amide bonds. The largest absolute Gasteiger partial charge is 0.477 e. The average molecular weight is 394 g/mol. The van der Waals surface area contributed by atoms with Crippen molar-refractivity contribution in [3.05, 3.63) is 44.3 Å². The van der Waals surface area contributed by atoms with Crippen molar-refractivity contribution in [2.24, 2.45) is 0 Å². The van der Waals surface area contributed by atoms with Crippen molar-refractivity contribution in [2.75, 3.05) is 4.72 Å². The third-order valence-corrected chi connectivity index (χ3v) is 5.86. The number of anilines is 1. The third-order valence-electron chi connectivity index (χ3n) is 2.54. The van der Waals surface area contributed by atoms with E-state index in [1.165, 1.54) is 19.1 Å². The van der Waals surface area contributed by atoms with Gasteiger partial charge in [0.05, 0.1) is 10.2 Å². The van der Waals surface area contributed by atoms with Gasteiger partial charge in [-0.15, -0.1) is 11.3 Å². The zero-order valence-corrected chi connectivity index (χ0v) is 13.8. The van der Waals surface area contributed by atoms with Crippen LogP contribution in [0.3, 0.4) is 0 Å². The van der Waals surface area contributed by atoms with Crippen molar-refractivity contribution in [3.63, 3.8) is 0 Å². The Kier molecular flexibility index (Phi) is 4.35. The Morgan fingerprint density at radius 3 is 2.57 bits per heavy atom. The lowest BCUT2D eigenvalue weighted by Gasteiger charge is -2.08. The molecule has 9 heteroatoms. The Bertz CT molecular complexity index is 817. The van der Waals surface area contributed by atoms with Crippen molar-refractivity contribution < 1.29 is 22.7 Å². The molecule has 1 heterocycles. The van der Waals surface area contributed by atoms with Crippen LogP contribution >= 0.6 is 27.3 Å². The maximum atomic E-state index is 13.4. The summed E-state index contributed by atoms with van der Waals surface area (Å²) in [6.45, 7) is 1.51. The second-order valence-electron chi connectivity index (χ2n) is 4.07. The van der Waals surface area contributed by atoms with Gasteiger partial charge in [-0.25, -0.2) is 17.6 Å². The number of halogens is 2. The number of benzene rings is 1. The number of thiophene rings is 1. The van der Waals surface area contributed by atoms with Crippen LogP contribution in [0, 0.1) is 12.7 Å². The number of hydrogen-bond donors (Lipinski definition) is 2. The first kappa shape index (κ1) is 15.9. The molecule has 2 N–H and O–H groups in total. The number of carboxylic acid groups (broad SMARTS) is 1. The summed E-state index contributed by atoms with van der Waals surface area (Å²) in [5, 5.41) is 8.89. The summed E-state index contributed by atoms with van der Waals surface area (Å²) in [4.78, 5) is 11.0. The molecule has 0 unspecified atom stereocenters. The Labute approximate surface area is 132 Å². The molecule has 1 aromatic carbocycles. The van der Waals surface area contributed by atoms with Crippen LogP contribution in [0.2, 0.25) is 0 Å². The number of rotatable bonds is 4. The Morgan fingerprint density at radius 2 is 2.05 bits per heavy atom. The normalized spacial score (nSPS) is 11.4. The summed E-state index contributed by atoms with van der Waals surface area (Å²) in [6.07, 6.45) is 0. The molecule has 0 radical (unpaired) electrons. The van der Waals surface area contributed by atoms with Crippen molar-refractivity contribution in [1.29, 1.82) is 0 Å². The van der Waals surface area contributed by atoms with E-state index in [-0.39, 0.29) is 19.9 Å². The topological polar surface area (TPSA) is 83.5 Å². The molecule has 2 aromatic rings. The molecular formula is C12H9BrFNO4S2. The van der Waals surface area contributed by atoms with E-state index in [1.807, 2.05) is 0 Å². The van der Waals surface area contributed by atoms with Crippen LogP contribution in [0.1, 0.15) is 14.5 Å². The van der Waals surface area contributed by atoms with Crippen LogP contribution in [0.15, 0.2) is 33.6 Å². The molecule has 0 saturated carbocycles. The number of nitrogens with one attached hydrogen (secondary N) is 1. The number of hydrogen-bond acceptors (Lipinski definition) is 4. The fraction of sp³-hybridized carbons (Fsp3) is 0.0833. The molecule has 0 aliphatic rings. The number of carboxylic acids is 1. The van der Waals surface area contributed by atoms with E-state index in [4.69, 9.17) is 5.11 Å². The van der Waals surface area contributed by atoms with Gasteiger partial charge in [0.1, 0.15) is 15.6 Å². The van der Waals surface area contributed by atoms with E-state index < -0.39 is 21.8 Å². The molecule has 112 valence electrons. The minimum Gasteiger partial charge on any atom is -0.477 e. The molecule has 0 fully saturated rings. The van der Waals surface area contributed by atoms with E-state index in [0.717, 1.165) is 23.5 Å². The highest BCUT2D eigenvalue weighted by Gasteiger charge is 2.22. The number of carbonyl (C=O) groups is 1. The summed E-state index contributed by atoms with van der Waals surface area (Å²) < 4.78 is 40.3. The molecular weight excluding hydrogens is 385 g/mol. The van der Waals surface area contributed by atoms with Gasteiger partial charge >= 0.3 is 5.97 Å². The predicted octanol–water partition coefficient (Wildman–Crippen LogP) is 3.46. The zero-order valence-electron chi connectivity index (χ0n) is 10.6. The van der Waals surface area contributed by atoms with Gasteiger partial charge in [-0.05, 0) is 47.1 Å². The molecule has 1 aromatic heterocycles.